The van der Waals surface area contributed by atoms with Gasteiger partial charge in [-0.25, -0.2) is 14.5 Å². The lowest BCUT2D eigenvalue weighted by Gasteiger charge is -2.34. The van der Waals surface area contributed by atoms with Gasteiger partial charge in [-0.3, -0.25) is 9.20 Å². The molecule has 166 valence electrons. The van der Waals surface area contributed by atoms with Gasteiger partial charge < -0.3 is 15.5 Å². The van der Waals surface area contributed by atoms with Crippen LogP contribution in [0.3, 0.4) is 0 Å². The van der Waals surface area contributed by atoms with Crippen LogP contribution in [0.4, 0.5) is 5.82 Å². The average Bonchev–Trinajstić information content (AvgIpc) is 3.56. The monoisotopic (exact) mass is 450 g/mol. The van der Waals surface area contributed by atoms with Gasteiger partial charge >= 0.3 is 0 Å². The van der Waals surface area contributed by atoms with Crippen LogP contribution in [0.5, 0.6) is 0 Å². The van der Waals surface area contributed by atoms with Gasteiger partial charge in [0.05, 0.1) is 11.7 Å². The van der Waals surface area contributed by atoms with Crippen molar-refractivity contribution in [3.63, 3.8) is 0 Å². The van der Waals surface area contributed by atoms with Crippen molar-refractivity contribution >= 4 is 33.7 Å². The molecule has 6 heterocycles. The molecule has 9 nitrogen and oxygen atoms in total. The van der Waals surface area contributed by atoms with E-state index in [1.807, 2.05) is 43.9 Å². The van der Waals surface area contributed by atoms with Crippen molar-refractivity contribution in [3.8, 4) is 0 Å². The third-order valence-electron chi connectivity index (χ3n) is 6.57. The molecule has 6 rings (SSSR count). The quantitative estimate of drug-likeness (QED) is 0.515. The number of fused-ring (bicyclic) bond motifs is 2. The van der Waals surface area contributed by atoms with E-state index < -0.39 is 0 Å². The molecule has 2 aliphatic rings. The van der Waals surface area contributed by atoms with E-state index in [-0.39, 0.29) is 18.0 Å². The molecule has 2 N–H and O–H groups in total. The SMILES string of the molecule is Cc1cn2nc([C@@H]3CCCCN3C(=O)c3cn4ccsc4n3)cc2nc1N1CC[C@H](N)C1. The zero-order chi connectivity index (χ0) is 21.8. The zero-order valence-electron chi connectivity index (χ0n) is 18.0. The van der Waals surface area contributed by atoms with Crippen LogP contribution in [0.15, 0.2) is 30.0 Å². The molecule has 2 saturated heterocycles. The Labute approximate surface area is 189 Å². The molecular formula is C22H26N8OS. The van der Waals surface area contributed by atoms with Crippen molar-refractivity contribution in [1.29, 1.82) is 0 Å². The molecule has 4 aromatic heterocycles. The molecule has 0 bridgehead atoms. The van der Waals surface area contributed by atoms with Crippen LogP contribution in [0.2, 0.25) is 0 Å². The first-order valence-electron chi connectivity index (χ1n) is 11.2. The smallest absolute Gasteiger partial charge is 0.274 e. The summed E-state index contributed by atoms with van der Waals surface area (Å²) in [6, 6.07) is 2.16. The highest BCUT2D eigenvalue weighted by molar-refractivity contribution is 7.15. The first-order valence-corrected chi connectivity index (χ1v) is 12.1. The predicted octanol–water partition coefficient (Wildman–Crippen LogP) is 2.65. The number of carbonyl (C=O) groups is 1. The fourth-order valence-electron chi connectivity index (χ4n) is 4.94. The van der Waals surface area contributed by atoms with Gasteiger partial charge in [-0.05, 0) is 32.6 Å². The van der Waals surface area contributed by atoms with E-state index in [9.17, 15) is 4.79 Å². The van der Waals surface area contributed by atoms with E-state index in [0.29, 0.717) is 12.2 Å². The second-order valence-corrected chi connectivity index (χ2v) is 9.72. The van der Waals surface area contributed by atoms with E-state index in [4.69, 9.17) is 15.8 Å². The van der Waals surface area contributed by atoms with Gasteiger partial charge in [0.25, 0.3) is 5.91 Å². The van der Waals surface area contributed by atoms with Crippen molar-refractivity contribution in [2.45, 2.75) is 44.7 Å². The summed E-state index contributed by atoms with van der Waals surface area (Å²) in [5.74, 6) is 0.949. The van der Waals surface area contributed by atoms with Gasteiger partial charge in [-0.2, -0.15) is 5.10 Å². The number of likely N-dealkylation sites (tertiary alicyclic amines) is 1. The number of thiazole rings is 1. The number of rotatable bonds is 3. The molecular weight excluding hydrogens is 424 g/mol. The molecule has 0 aromatic carbocycles. The lowest BCUT2D eigenvalue weighted by molar-refractivity contribution is 0.0600. The Morgan fingerprint density at radius 3 is 2.91 bits per heavy atom. The van der Waals surface area contributed by atoms with Crippen molar-refractivity contribution < 1.29 is 4.79 Å². The molecule has 4 aromatic rings. The van der Waals surface area contributed by atoms with Crippen LogP contribution >= 0.6 is 11.3 Å². The fraction of sp³-hybridized carbons (Fsp3) is 0.455. The van der Waals surface area contributed by atoms with Crippen LogP contribution < -0.4 is 10.6 Å². The molecule has 0 unspecified atom stereocenters. The second-order valence-electron chi connectivity index (χ2n) is 8.84. The highest BCUT2D eigenvalue weighted by Gasteiger charge is 2.32. The van der Waals surface area contributed by atoms with Crippen molar-refractivity contribution in [2.24, 2.45) is 5.73 Å². The third-order valence-corrected chi connectivity index (χ3v) is 7.34. The summed E-state index contributed by atoms with van der Waals surface area (Å²) in [4.78, 5) is 27.8. The summed E-state index contributed by atoms with van der Waals surface area (Å²) < 4.78 is 3.74. The number of nitrogens with two attached hydrogens (primary N) is 1. The molecule has 10 heteroatoms. The van der Waals surface area contributed by atoms with Crippen LogP contribution in [0.25, 0.3) is 10.6 Å². The molecule has 0 radical (unpaired) electrons. The van der Waals surface area contributed by atoms with E-state index in [0.717, 1.165) is 66.5 Å². The number of piperidine rings is 1. The fourth-order valence-corrected chi connectivity index (χ4v) is 5.64. The number of hydrogen-bond acceptors (Lipinski definition) is 7. The van der Waals surface area contributed by atoms with E-state index in [1.54, 1.807) is 0 Å². The first kappa shape index (κ1) is 19.7. The van der Waals surface area contributed by atoms with Crippen molar-refractivity contribution in [3.05, 3.63) is 47.0 Å². The van der Waals surface area contributed by atoms with E-state index in [1.165, 1.54) is 11.3 Å². The van der Waals surface area contributed by atoms with Crippen LogP contribution in [0.1, 0.15) is 53.5 Å². The Balaban J connectivity index is 1.33. The van der Waals surface area contributed by atoms with Gasteiger partial charge in [0.15, 0.2) is 10.6 Å². The maximum absolute atomic E-state index is 13.4. The van der Waals surface area contributed by atoms with Crippen LogP contribution in [-0.4, -0.2) is 60.5 Å². The molecule has 2 atom stereocenters. The van der Waals surface area contributed by atoms with Gasteiger partial charge in [-0.15, -0.1) is 11.3 Å². The maximum Gasteiger partial charge on any atom is 0.274 e. The Morgan fingerprint density at radius 1 is 1.19 bits per heavy atom. The summed E-state index contributed by atoms with van der Waals surface area (Å²) in [5.41, 5.74) is 9.38. The van der Waals surface area contributed by atoms with Crippen molar-refractivity contribution in [1.82, 2.24) is 28.9 Å². The minimum Gasteiger partial charge on any atom is -0.355 e. The van der Waals surface area contributed by atoms with E-state index >= 15 is 0 Å². The number of hydrogen-bond donors (Lipinski definition) is 1. The lowest BCUT2D eigenvalue weighted by Crippen LogP contribution is -2.38. The van der Waals surface area contributed by atoms with Gasteiger partial charge in [-0.1, -0.05) is 0 Å². The molecule has 2 fully saturated rings. The normalized spacial score (nSPS) is 21.8. The minimum atomic E-state index is -0.0679. The highest BCUT2D eigenvalue weighted by Crippen LogP contribution is 2.32. The maximum atomic E-state index is 13.4. The topological polar surface area (TPSA) is 97.1 Å². The third kappa shape index (κ3) is 3.25. The van der Waals surface area contributed by atoms with Gasteiger partial charge in [0.1, 0.15) is 11.5 Å². The average molecular weight is 451 g/mol. The Kier molecular flexibility index (Phi) is 4.65. The molecule has 32 heavy (non-hydrogen) atoms. The summed E-state index contributed by atoms with van der Waals surface area (Å²) >= 11 is 1.53. The minimum absolute atomic E-state index is 0.0291. The molecule has 1 amide bonds. The van der Waals surface area contributed by atoms with Crippen molar-refractivity contribution in [2.75, 3.05) is 24.5 Å². The summed E-state index contributed by atoms with van der Waals surface area (Å²) in [7, 11) is 0. The standard InChI is InChI=1S/C22H26N8OS/c1-14-11-30-19(25-20(14)27-7-5-15(23)12-27)10-16(26-30)18-4-2-3-6-29(18)21(31)17-13-28-8-9-32-22(28)24-17/h8-11,13,15,18H,2-7,12,23H2,1H3/t15-,18-/m0/s1. The van der Waals surface area contributed by atoms with Crippen LogP contribution in [0, 0.1) is 6.92 Å². The Morgan fingerprint density at radius 2 is 2.09 bits per heavy atom. The number of nitrogens with zero attached hydrogens (tertiary/aromatic N) is 7. The number of imidazole rings is 1. The number of aromatic nitrogens is 5. The zero-order valence-corrected chi connectivity index (χ0v) is 18.8. The van der Waals surface area contributed by atoms with Crippen LogP contribution in [-0.2, 0) is 0 Å². The predicted molar refractivity (Wildman–Crippen MR) is 123 cm³/mol. The molecule has 0 aliphatic carbocycles. The van der Waals surface area contributed by atoms with E-state index in [2.05, 4.69) is 16.8 Å². The second kappa shape index (κ2) is 7.56. The number of amides is 1. The Bertz CT molecular complexity index is 1280. The Hall–Kier alpha value is -2.98. The first-order chi connectivity index (χ1) is 15.6. The molecule has 0 saturated carbocycles. The highest BCUT2D eigenvalue weighted by atomic mass is 32.1. The largest absolute Gasteiger partial charge is 0.355 e. The molecule has 0 spiro atoms. The summed E-state index contributed by atoms with van der Waals surface area (Å²) in [5, 5.41) is 6.80. The summed E-state index contributed by atoms with van der Waals surface area (Å²) in [6.07, 6.45) is 9.73. The number of anilines is 1. The number of carbonyl (C=O) groups excluding carboxylic acids is 1. The molecule has 2 aliphatic heterocycles. The summed E-state index contributed by atoms with van der Waals surface area (Å²) in [6.45, 7) is 4.54. The van der Waals surface area contributed by atoms with Gasteiger partial charge in [0, 0.05) is 61.3 Å². The number of aryl methyl sites for hydroxylation is 1. The lowest BCUT2D eigenvalue weighted by atomic mass is 9.99. The van der Waals surface area contributed by atoms with Gasteiger partial charge in [0.2, 0.25) is 0 Å².